The Hall–Kier alpha value is -1.22. The minimum atomic E-state index is -0.254. The molecule has 1 nitrogen and oxygen atoms in total. The lowest BCUT2D eigenvalue weighted by Crippen LogP contribution is -1.85. The van der Waals surface area contributed by atoms with Crippen LogP contribution in [0.4, 0.5) is 4.39 Å². The maximum atomic E-state index is 12.9. The van der Waals surface area contributed by atoms with Crippen molar-refractivity contribution in [2.24, 2.45) is 0 Å². The molecule has 66 valence electrons. The fraction of sp³-hybridized carbons (Fsp3) is 0.100. The molecule has 2 aromatic rings. The molecule has 0 amide bonds. The lowest BCUT2D eigenvalue weighted by atomic mass is 10.2. The van der Waals surface area contributed by atoms with Crippen LogP contribution in [0.5, 0.6) is 0 Å². The molecular weight excluding hydrogens is 185 g/mol. The summed E-state index contributed by atoms with van der Waals surface area (Å²) >= 11 is 5.11. The van der Waals surface area contributed by atoms with E-state index in [0.29, 0.717) is 4.51 Å². The molecule has 1 aromatic heterocycles. The number of rotatable bonds is 0. The van der Waals surface area contributed by atoms with Gasteiger partial charge in [0.15, 0.2) is 0 Å². The van der Waals surface area contributed by atoms with Gasteiger partial charge >= 0.3 is 0 Å². The molecule has 1 aromatic carbocycles. The number of nitrogens with one attached hydrogen (secondary N) is 1. The molecule has 0 aliphatic rings. The van der Waals surface area contributed by atoms with Gasteiger partial charge in [0.25, 0.3) is 0 Å². The van der Waals surface area contributed by atoms with E-state index in [0.717, 1.165) is 16.6 Å². The summed E-state index contributed by atoms with van der Waals surface area (Å²) < 4.78 is 13.5. The SMILES string of the molecule is Cc1cc(=S)c2cc(F)ccc2[nH]1. The van der Waals surface area contributed by atoms with Crippen molar-refractivity contribution in [3.05, 3.63) is 40.3 Å². The minimum absolute atomic E-state index is 0.254. The molecule has 2 rings (SSSR count). The number of halogens is 1. The Labute approximate surface area is 80.2 Å². The number of benzene rings is 1. The first-order valence-corrected chi connectivity index (χ1v) is 4.37. The zero-order valence-electron chi connectivity index (χ0n) is 7.10. The molecule has 1 heterocycles. The summed E-state index contributed by atoms with van der Waals surface area (Å²) in [6.07, 6.45) is 0. The van der Waals surface area contributed by atoms with Crippen LogP contribution in [-0.2, 0) is 0 Å². The Kier molecular flexibility index (Phi) is 1.88. The van der Waals surface area contributed by atoms with Crippen LogP contribution in [0, 0.1) is 17.3 Å². The number of fused-ring (bicyclic) bond motifs is 1. The molecule has 0 radical (unpaired) electrons. The molecule has 3 heteroatoms. The van der Waals surface area contributed by atoms with Crippen LogP contribution in [0.1, 0.15) is 5.69 Å². The number of pyridine rings is 1. The predicted molar refractivity (Wildman–Crippen MR) is 53.8 cm³/mol. The number of aryl methyl sites for hydroxylation is 1. The summed E-state index contributed by atoms with van der Waals surface area (Å²) in [5.74, 6) is -0.254. The lowest BCUT2D eigenvalue weighted by Gasteiger charge is -2.00. The Morgan fingerprint density at radius 2 is 2.08 bits per heavy atom. The number of H-pyrrole nitrogens is 1. The zero-order valence-corrected chi connectivity index (χ0v) is 7.91. The molecule has 0 atom stereocenters. The average Bonchev–Trinajstić information content (AvgIpc) is 2.06. The largest absolute Gasteiger partial charge is 0.359 e. The van der Waals surface area contributed by atoms with Gasteiger partial charge in [-0.05, 0) is 31.2 Å². The minimum Gasteiger partial charge on any atom is -0.359 e. The van der Waals surface area contributed by atoms with Gasteiger partial charge in [0.2, 0.25) is 0 Å². The van der Waals surface area contributed by atoms with E-state index in [-0.39, 0.29) is 5.82 Å². The second-order valence-electron chi connectivity index (χ2n) is 3.01. The van der Waals surface area contributed by atoms with E-state index in [9.17, 15) is 4.39 Å². The van der Waals surface area contributed by atoms with Crippen LogP contribution in [0.2, 0.25) is 0 Å². The predicted octanol–water partition coefficient (Wildman–Crippen LogP) is 3.34. The number of hydrogen-bond acceptors (Lipinski definition) is 1. The Morgan fingerprint density at radius 3 is 2.85 bits per heavy atom. The number of aromatic amines is 1. The van der Waals surface area contributed by atoms with Crippen LogP contribution in [-0.4, -0.2) is 4.98 Å². The van der Waals surface area contributed by atoms with Crippen LogP contribution in [0.15, 0.2) is 24.3 Å². The van der Waals surface area contributed by atoms with Crippen molar-refractivity contribution in [3.8, 4) is 0 Å². The van der Waals surface area contributed by atoms with E-state index >= 15 is 0 Å². The first kappa shape index (κ1) is 8.38. The molecule has 0 unspecified atom stereocenters. The fourth-order valence-electron chi connectivity index (χ4n) is 1.35. The van der Waals surface area contributed by atoms with E-state index in [2.05, 4.69) is 4.98 Å². The van der Waals surface area contributed by atoms with Crippen molar-refractivity contribution in [2.75, 3.05) is 0 Å². The lowest BCUT2D eigenvalue weighted by molar-refractivity contribution is 0.629. The smallest absolute Gasteiger partial charge is 0.124 e. The second kappa shape index (κ2) is 2.92. The van der Waals surface area contributed by atoms with E-state index in [4.69, 9.17) is 12.2 Å². The Balaban J connectivity index is 2.95. The first-order chi connectivity index (χ1) is 6.16. The highest BCUT2D eigenvalue weighted by Gasteiger charge is 1.98. The standard InChI is InChI=1S/C10H8FNS/c1-6-4-10(13)8-5-7(11)2-3-9(8)12-6/h2-5H,1H3,(H,12,13). The van der Waals surface area contributed by atoms with Gasteiger partial charge in [0.1, 0.15) is 5.82 Å². The molecule has 0 saturated carbocycles. The van der Waals surface area contributed by atoms with Crippen LogP contribution >= 0.6 is 12.2 Å². The summed E-state index contributed by atoms with van der Waals surface area (Å²) in [5, 5.41) is 0.764. The molecule has 0 bridgehead atoms. The second-order valence-corrected chi connectivity index (χ2v) is 3.45. The van der Waals surface area contributed by atoms with Gasteiger partial charge in [-0.15, -0.1) is 0 Å². The maximum Gasteiger partial charge on any atom is 0.124 e. The third-order valence-electron chi connectivity index (χ3n) is 1.93. The normalized spacial score (nSPS) is 10.6. The monoisotopic (exact) mass is 193 g/mol. The number of aromatic nitrogens is 1. The maximum absolute atomic E-state index is 12.9. The van der Waals surface area contributed by atoms with E-state index in [1.165, 1.54) is 12.1 Å². The third kappa shape index (κ3) is 1.47. The molecule has 0 aliphatic carbocycles. The quantitative estimate of drug-likeness (QED) is 0.634. The van der Waals surface area contributed by atoms with Gasteiger partial charge in [0, 0.05) is 21.1 Å². The van der Waals surface area contributed by atoms with Gasteiger partial charge in [-0.1, -0.05) is 12.2 Å². The van der Waals surface area contributed by atoms with Crippen molar-refractivity contribution in [1.82, 2.24) is 4.98 Å². The highest BCUT2D eigenvalue weighted by atomic mass is 32.1. The van der Waals surface area contributed by atoms with E-state index < -0.39 is 0 Å². The first-order valence-electron chi connectivity index (χ1n) is 3.96. The number of hydrogen-bond donors (Lipinski definition) is 1. The summed E-state index contributed by atoms with van der Waals surface area (Å²) in [7, 11) is 0. The average molecular weight is 193 g/mol. The van der Waals surface area contributed by atoms with Gasteiger partial charge < -0.3 is 4.98 Å². The molecule has 0 fully saturated rings. The molecule has 0 saturated heterocycles. The van der Waals surface area contributed by atoms with Crippen molar-refractivity contribution < 1.29 is 4.39 Å². The highest BCUT2D eigenvalue weighted by molar-refractivity contribution is 7.71. The van der Waals surface area contributed by atoms with Crippen LogP contribution in [0.3, 0.4) is 0 Å². The zero-order chi connectivity index (χ0) is 9.42. The molecule has 1 N–H and O–H groups in total. The summed E-state index contributed by atoms with van der Waals surface area (Å²) in [4.78, 5) is 3.12. The van der Waals surface area contributed by atoms with E-state index in [1.807, 2.05) is 13.0 Å². The molecule has 0 aliphatic heterocycles. The topological polar surface area (TPSA) is 15.8 Å². The fourth-order valence-corrected chi connectivity index (χ4v) is 1.70. The van der Waals surface area contributed by atoms with Gasteiger partial charge in [-0.25, -0.2) is 4.39 Å². The van der Waals surface area contributed by atoms with Gasteiger partial charge in [0.05, 0.1) is 0 Å². The summed E-state index contributed by atoms with van der Waals surface area (Å²) in [6, 6.07) is 6.41. The molecule has 13 heavy (non-hydrogen) atoms. The van der Waals surface area contributed by atoms with Crippen molar-refractivity contribution in [3.63, 3.8) is 0 Å². The van der Waals surface area contributed by atoms with Crippen molar-refractivity contribution in [1.29, 1.82) is 0 Å². The van der Waals surface area contributed by atoms with Crippen molar-refractivity contribution in [2.45, 2.75) is 6.92 Å². The van der Waals surface area contributed by atoms with Crippen molar-refractivity contribution >= 4 is 23.1 Å². The Bertz CT molecular complexity index is 516. The Morgan fingerprint density at radius 1 is 1.31 bits per heavy atom. The molecule has 0 spiro atoms. The van der Waals surface area contributed by atoms with Gasteiger partial charge in [-0.2, -0.15) is 0 Å². The third-order valence-corrected chi connectivity index (χ3v) is 2.26. The van der Waals surface area contributed by atoms with E-state index in [1.54, 1.807) is 6.07 Å². The van der Waals surface area contributed by atoms with Crippen LogP contribution in [0.25, 0.3) is 10.9 Å². The van der Waals surface area contributed by atoms with Gasteiger partial charge in [-0.3, -0.25) is 0 Å². The summed E-state index contributed by atoms with van der Waals surface area (Å²) in [5.41, 5.74) is 1.87. The summed E-state index contributed by atoms with van der Waals surface area (Å²) in [6.45, 7) is 1.93. The van der Waals surface area contributed by atoms with Crippen LogP contribution < -0.4 is 0 Å². The highest BCUT2D eigenvalue weighted by Crippen LogP contribution is 2.15. The molecular formula is C10H8FNS.